The predicted octanol–water partition coefficient (Wildman–Crippen LogP) is 0.588. The van der Waals surface area contributed by atoms with Crippen LogP contribution in [0.3, 0.4) is 0 Å². The van der Waals surface area contributed by atoms with E-state index in [2.05, 4.69) is 10.2 Å². The Balaban J connectivity index is 1.84. The van der Waals surface area contributed by atoms with Crippen molar-refractivity contribution in [3.8, 4) is 0 Å². The molecule has 1 saturated carbocycles. The molecule has 0 unspecified atom stereocenters. The van der Waals surface area contributed by atoms with Crippen LogP contribution in [0, 0.1) is 5.41 Å². The Morgan fingerprint density at radius 1 is 1.16 bits per heavy atom. The lowest BCUT2D eigenvalue weighted by atomic mass is 9.86. The van der Waals surface area contributed by atoms with Crippen molar-refractivity contribution in [2.24, 2.45) is 5.41 Å². The number of likely N-dealkylation sites (N-methyl/N-ethyl adjacent to an activating group) is 1. The molecule has 0 spiro atoms. The van der Waals surface area contributed by atoms with Crippen LogP contribution in [0.1, 0.15) is 25.7 Å². The summed E-state index contributed by atoms with van der Waals surface area (Å²) in [4.78, 5) is 27.4. The number of amides is 2. The van der Waals surface area contributed by atoms with Crippen LogP contribution in [0.4, 0.5) is 4.79 Å². The number of carbonyl (C=O) groups is 2. The van der Waals surface area contributed by atoms with E-state index in [4.69, 9.17) is 0 Å². The maximum Gasteiger partial charge on any atom is 0.317 e. The van der Waals surface area contributed by atoms with Crippen molar-refractivity contribution >= 4 is 12.0 Å². The molecule has 6 nitrogen and oxygen atoms in total. The number of carbonyl (C=O) groups excluding carboxylic acids is 1. The molecule has 0 aromatic carbocycles. The molecule has 0 atom stereocenters. The van der Waals surface area contributed by atoms with Crippen molar-refractivity contribution in [3.63, 3.8) is 0 Å². The van der Waals surface area contributed by atoms with Gasteiger partial charge in [-0.3, -0.25) is 4.79 Å². The largest absolute Gasteiger partial charge is 0.481 e. The molecule has 19 heavy (non-hydrogen) atoms. The van der Waals surface area contributed by atoms with Crippen LogP contribution in [-0.2, 0) is 4.79 Å². The van der Waals surface area contributed by atoms with E-state index in [1.54, 1.807) is 4.90 Å². The van der Waals surface area contributed by atoms with Crippen molar-refractivity contribution in [1.82, 2.24) is 15.1 Å². The van der Waals surface area contributed by atoms with E-state index in [0.29, 0.717) is 25.9 Å². The van der Waals surface area contributed by atoms with Gasteiger partial charge in [0.05, 0.1) is 5.41 Å². The smallest absolute Gasteiger partial charge is 0.317 e. The SMILES string of the molecule is CN1CCN(C(=O)NCC2(C(=O)O)CCCC2)CC1. The van der Waals surface area contributed by atoms with Gasteiger partial charge < -0.3 is 20.2 Å². The molecule has 1 aliphatic heterocycles. The first kappa shape index (κ1) is 14.1. The van der Waals surface area contributed by atoms with Gasteiger partial charge in [-0.2, -0.15) is 0 Å². The number of urea groups is 1. The van der Waals surface area contributed by atoms with E-state index >= 15 is 0 Å². The molecule has 2 aliphatic rings. The van der Waals surface area contributed by atoms with E-state index < -0.39 is 11.4 Å². The zero-order chi connectivity index (χ0) is 13.9. The fourth-order valence-corrected chi connectivity index (χ4v) is 2.88. The summed E-state index contributed by atoms with van der Waals surface area (Å²) >= 11 is 0. The minimum Gasteiger partial charge on any atom is -0.481 e. The standard InChI is InChI=1S/C13H23N3O3/c1-15-6-8-16(9-7-15)12(19)14-10-13(11(17)18)4-2-3-5-13/h2-10H2,1H3,(H,14,19)(H,17,18). The number of nitrogens with one attached hydrogen (secondary N) is 1. The molecule has 2 fully saturated rings. The van der Waals surface area contributed by atoms with Crippen LogP contribution < -0.4 is 5.32 Å². The molecule has 6 heteroatoms. The Kier molecular flexibility index (Phi) is 4.29. The van der Waals surface area contributed by atoms with Gasteiger partial charge in [-0.15, -0.1) is 0 Å². The van der Waals surface area contributed by atoms with Gasteiger partial charge in [0.1, 0.15) is 0 Å². The summed E-state index contributed by atoms with van der Waals surface area (Å²) in [7, 11) is 2.03. The second-order valence-electron chi connectivity index (χ2n) is 5.74. The van der Waals surface area contributed by atoms with E-state index in [9.17, 15) is 14.7 Å². The lowest BCUT2D eigenvalue weighted by Gasteiger charge is -2.33. The zero-order valence-electron chi connectivity index (χ0n) is 11.5. The molecule has 1 saturated heterocycles. The van der Waals surface area contributed by atoms with Crippen LogP contribution in [-0.4, -0.2) is 66.7 Å². The van der Waals surface area contributed by atoms with Crippen molar-refractivity contribution in [1.29, 1.82) is 0 Å². The fraction of sp³-hybridized carbons (Fsp3) is 0.846. The number of piperazine rings is 1. The first-order chi connectivity index (χ1) is 9.03. The van der Waals surface area contributed by atoms with E-state index in [1.165, 1.54) is 0 Å². The van der Waals surface area contributed by atoms with Crippen LogP contribution in [0.15, 0.2) is 0 Å². The molecular formula is C13H23N3O3. The van der Waals surface area contributed by atoms with Gasteiger partial charge in [0.15, 0.2) is 0 Å². The molecule has 0 bridgehead atoms. The monoisotopic (exact) mass is 269 g/mol. The van der Waals surface area contributed by atoms with Gasteiger partial charge in [0.2, 0.25) is 0 Å². The summed E-state index contributed by atoms with van der Waals surface area (Å²) in [5.74, 6) is -0.774. The highest BCUT2D eigenvalue weighted by atomic mass is 16.4. The summed E-state index contributed by atoms with van der Waals surface area (Å²) in [6, 6.07) is -0.124. The Bertz CT molecular complexity index is 345. The van der Waals surface area contributed by atoms with Crippen LogP contribution in [0.25, 0.3) is 0 Å². The van der Waals surface area contributed by atoms with E-state index in [0.717, 1.165) is 25.9 Å². The third-order valence-electron chi connectivity index (χ3n) is 4.38. The minimum absolute atomic E-state index is 0.124. The topological polar surface area (TPSA) is 72.9 Å². The highest BCUT2D eigenvalue weighted by Crippen LogP contribution is 2.37. The summed E-state index contributed by atoms with van der Waals surface area (Å²) in [6.07, 6.45) is 3.23. The number of hydrogen-bond donors (Lipinski definition) is 2. The maximum atomic E-state index is 12.0. The first-order valence-corrected chi connectivity index (χ1v) is 6.98. The molecule has 108 valence electrons. The Labute approximate surface area is 113 Å². The average molecular weight is 269 g/mol. The summed E-state index contributed by atoms with van der Waals surface area (Å²) in [6.45, 7) is 3.42. The number of nitrogens with zero attached hydrogens (tertiary/aromatic N) is 2. The number of aliphatic carboxylic acids is 1. The molecule has 2 rings (SSSR count). The minimum atomic E-state index is -0.774. The quantitative estimate of drug-likeness (QED) is 0.786. The highest BCUT2D eigenvalue weighted by molar-refractivity contribution is 5.78. The second-order valence-corrected chi connectivity index (χ2v) is 5.74. The third kappa shape index (κ3) is 3.18. The molecule has 1 heterocycles. The molecule has 0 radical (unpaired) electrons. The molecule has 0 aromatic rings. The number of carboxylic acid groups (broad SMARTS) is 1. The summed E-state index contributed by atoms with van der Waals surface area (Å²) in [5, 5.41) is 12.2. The van der Waals surface area contributed by atoms with Crippen molar-refractivity contribution in [2.45, 2.75) is 25.7 Å². The number of carboxylic acids is 1. The zero-order valence-corrected chi connectivity index (χ0v) is 11.5. The number of hydrogen-bond acceptors (Lipinski definition) is 3. The second kappa shape index (κ2) is 5.77. The molecule has 2 amide bonds. The van der Waals surface area contributed by atoms with Crippen LogP contribution in [0.5, 0.6) is 0 Å². The first-order valence-electron chi connectivity index (χ1n) is 6.98. The Morgan fingerprint density at radius 3 is 2.26 bits per heavy atom. The van der Waals surface area contributed by atoms with Crippen molar-refractivity contribution in [3.05, 3.63) is 0 Å². The van der Waals surface area contributed by atoms with Crippen molar-refractivity contribution in [2.75, 3.05) is 39.8 Å². The van der Waals surface area contributed by atoms with Crippen LogP contribution >= 0.6 is 0 Å². The average Bonchev–Trinajstić information content (AvgIpc) is 2.87. The summed E-state index contributed by atoms with van der Waals surface area (Å²) in [5.41, 5.74) is -0.734. The Hall–Kier alpha value is -1.30. The molecule has 0 aromatic heterocycles. The normalized spacial score (nSPS) is 23.3. The van der Waals surface area contributed by atoms with Crippen LogP contribution in [0.2, 0.25) is 0 Å². The number of rotatable bonds is 3. The lowest BCUT2D eigenvalue weighted by Crippen LogP contribution is -2.52. The lowest BCUT2D eigenvalue weighted by molar-refractivity contribution is -0.148. The van der Waals surface area contributed by atoms with Gasteiger partial charge in [-0.1, -0.05) is 12.8 Å². The van der Waals surface area contributed by atoms with Gasteiger partial charge >= 0.3 is 12.0 Å². The fourth-order valence-electron chi connectivity index (χ4n) is 2.88. The van der Waals surface area contributed by atoms with E-state index in [-0.39, 0.29) is 12.6 Å². The highest BCUT2D eigenvalue weighted by Gasteiger charge is 2.41. The maximum absolute atomic E-state index is 12.0. The molecular weight excluding hydrogens is 246 g/mol. The van der Waals surface area contributed by atoms with Gasteiger partial charge in [-0.05, 0) is 19.9 Å². The third-order valence-corrected chi connectivity index (χ3v) is 4.38. The van der Waals surface area contributed by atoms with Gasteiger partial charge in [0, 0.05) is 32.7 Å². The van der Waals surface area contributed by atoms with Gasteiger partial charge in [0.25, 0.3) is 0 Å². The molecule has 2 N–H and O–H groups in total. The van der Waals surface area contributed by atoms with Gasteiger partial charge in [-0.25, -0.2) is 4.79 Å². The van der Waals surface area contributed by atoms with E-state index in [1.807, 2.05) is 7.05 Å². The Morgan fingerprint density at radius 2 is 1.74 bits per heavy atom. The molecule has 1 aliphatic carbocycles. The van der Waals surface area contributed by atoms with Crippen molar-refractivity contribution < 1.29 is 14.7 Å². The summed E-state index contributed by atoms with van der Waals surface area (Å²) < 4.78 is 0. The predicted molar refractivity (Wildman–Crippen MR) is 71.0 cm³/mol.